The number of nitriles is 1. The maximum Gasteiger partial charge on any atom is 0.310 e. The van der Waals surface area contributed by atoms with Gasteiger partial charge in [0.1, 0.15) is 16.6 Å². The third-order valence-electron chi connectivity index (χ3n) is 10.9. The van der Waals surface area contributed by atoms with Crippen molar-refractivity contribution in [2.45, 2.75) is 59.7 Å². The maximum absolute atomic E-state index is 13.0. The smallest absolute Gasteiger partial charge is 0.310 e. The Bertz CT molecular complexity index is 2220. The monoisotopic (exact) mass is 700 g/mol. The lowest BCUT2D eigenvalue weighted by atomic mass is 9.90. The Morgan fingerprint density at radius 1 is 0.961 bits per heavy atom. The van der Waals surface area contributed by atoms with Gasteiger partial charge in [-0.15, -0.1) is 11.3 Å². The molecule has 0 radical (unpaired) electrons. The van der Waals surface area contributed by atoms with Crippen LogP contribution >= 0.6 is 11.3 Å². The van der Waals surface area contributed by atoms with Crippen LogP contribution in [-0.2, 0) is 29.2 Å². The second-order valence-corrected chi connectivity index (χ2v) is 15.6. The minimum atomic E-state index is -0.779. The molecule has 0 saturated carbocycles. The van der Waals surface area contributed by atoms with E-state index in [1.165, 1.54) is 12.8 Å². The van der Waals surface area contributed by atoms with E-state index in [1.54, 1.807) is 18.3 Å². The molecule has 5 aromatic rings. The van der Waals surface area contributed by atoms with Crippen LogP contribution in [0.25, 0.3) is 44.3 Å². The van der Waals surface area contributed by atoms with Crippen LogP contribution in [0.15, 0.2) is 52.9 Å². The minimum absolute atomic E-state index is 0.188. The number of aliphatic carboxylic acids is 1. The summed E-state index contributed by atoms with van der Waals surface area (Å²) in [5.41, 5.74) is 8.85. The van der Waals surface area contributed by atoms with E-state index in [2.05, 4.69) is 54.0 Å². The van der Waals surface area contributed by atoms with Gasteiger partial charge in [-0.3, -0.25) is 19.4 Å². The Kier molecular flexibility index (Phi) is 8.49. The van der Waals surface area contributed by atoms with Crippen LogP contribution < -0.4 is 0 Å². The Morgan fingerprint density at radius 2 is 1.67 bits per heavy atom. The molecule has 0 unspecified atom stereocenters. The largest absolute Gasteiger partial charge is 0.481 e. The Morgan fingerprint density at radius 3 is 2.35 bits per heavy atom. The molecule has 1 N–H and O–H groups in total. The number of oxazole rings is 1. The summed E-state index contributed by atoms with van der Waals surface area (Å²) in [6, 6.07) is 18.5. The first-order valence-corrected chi connectivity index (χ1v) is 18.4. The predicted octanol–water partition coefficient (Wildman–Crippen LogP) is 7.01. The number of benzene rings is 3. The molecule has 2 fully saturated rings. The number of aromatic nitrogens is 2. The van der Waals surface area contributed by atoms with E-state index in [-0.39, 0.29) is 5.91 Å². The highest BCUT2D eigenvalue weighted by atomic mass is 32.1. The van der Waals surface area contributed by atoms with Crippen LogP contribution in [0.2, 0.25) is 0 Å². The highest BCUT2D eigenvalue weighted by molar-refractivity contribution is 7.15. The van der Waals surface area contributed by atoms with Gasteiger partial charge < -0.3 is 14.4 Å². The zero-order valence-electron chi connectivity index (χ0n) is 29.2. The number of fused-ring (bicyclic) bond motifs is 2. The van der Waals surface area contributed by atoms with Crippen LogP contribution in [0.1, 0.15) is 59.0 Å². The van der Waals surface area contributed by atoms with Crippen LogP contribution in [0.4, 0.5) is 0 Å². The summed E-state index contributed by atoms with van der Waals surface area (Å²) in [5, 5.41) is 20.7. The minimum Gasteiger partial charge on any atom is -0.481 e. The van der Waals surface area contributed by atoms with Crippen LogP contribution in [0.3, 0.4) is 0 Å². The highest BCUT2D eigenvalue weighted by Gasteiger charge is 2.40. The van der Waals surface area contributed by atoms with Crippen molar-refractivity contribution in [3.63, 3.8) is 0 Å². The molecule has 11 heteroatoms. The van der Waals surface area contributed by atoms with Crippen molar-refractivity contribution in [2.75, 3.05) is 32.7 Å². The second kappa shape index (κ2) is 13.0. The van der Waals surface area contributed by atoms with Gasteiger partial charge in [0.2, 0.25) is 11.8 Å². The van der Waals surface area contributed by atoms with Crippen LogP contribution in [-0.4, -0.2) is 74.4 Å². The molecule has 51 heavy (non-hydrogen) atoms. The van der Waals surface area contributed by atoms with Crippen molar-refractivity contribution in [1.82, 2.24) is 24.7 Å². The number of rotatable bonds is 8. The molecule has 0 aliphatic carbocycles. The lowest BCUT2D eigenvalue weighted by Crippen LogP contribution is -2.36. The Hall–Kier alpha value is -4.89. The topological polar surface area (TPSA) is 127 Å². The zero-order valence-corrected chi connectivity index (χ0v) is 30.0. The first-order valence-electron chi connectivity index (χ1n) is 17.6. The van der Waals surface area contributed by atoms with Crippen LogP contribution in [0.5, 0.6) is 0 Å². The van der Waals surface area contributed by atoms with Gasteiger partial charge in [0.05, 0.1) is 36.3 Å². The van der Waals surface area contributed by atoms with Gasteiger partial charge in [0.15, 0.2) is 5.58 Å². The fraction of sp³-hybridized carbons (Fsp3) is 0.375. The summed E-state index contributed by atoms with van der Waals surface area (Å²) in [4.78, 5) is 42.1. The molecule has 1 amide bonds. The van der Waals surface area contributed by atoms with Crippen molar-refractivity contribution < 1.29 is 19.1 Å². The van der Waals surface area contributed by atoms with Crippen molar-refractivity contribution in [3.8, 4) is 39.2 Å². The van der Waals surface area contributed by atoms with Gasteiger partial charge in [-0.2, -0.15) is 5.26 Å². The standard InChI is InChI=1S/C40H40N6O4S/c1-24-28(29-9-7-11-31(25(29)2)38-43-33-20-46(21-34(33)51-38)35(47)22-44-13-4-5-14-44)8-6-10-30(24)37-42-32-17-26(16-27(18-41)36(32)50-37)19-45-15-12-40(3,23-45)39(48)49/h6-11,16-17H,4-5,12-15,19-23H2,1-3H3,(H,48,49)/t40-/m1/s1. The number of carboxylic acids is 1. The molecule has 5 heterocycles. The number of carboxylic acid groups (broad SMARTS) is 1. The normalized spacial score (nSPS) is 19.2. The molecule has 0 spiro atoms. The van der Waals surface area contributed by atoms with Gasteiger partial charge in [-0.1, -0.05) is 30.3 Å². The van der Waals surface area contributed by atoms with E-state index in [1.807, 2.05) is 29.2 Å². The van der Waals surface area contributed by atoms with Crippen LogP contribution in [0, 0.1) is 30.6 Å². The number of nitrogens with zero attached hydrogens (tertiary/aromatic N) is 6. The lowest BCUT2D eigenvalue weighted by molar-refractivity contribution is -0.147. The molecule has 3 aromatic carbocycles. The molecule has 8 rings (SSSR count). The second-order valence-electron chi connectivity index (χ2n) is 14.5. The number of likely N-dealkylation sites (tertiary alicyclic amines) is 2. The highest BCUT2D eigenvalue weighted by Crippen LogP contribution is 2.41. The molecular weight excluding hydrogens is 661 g/mol. The first kappa shape index (κ1) is 33.3. The predicted molar refractivity (Wildman–Crippen MR) is 196 cm³/mol. The SMILES string of the molecule is Cc1c(-c2nc3cc(CN4CC[C@@](C)(C(=O)O)C4)cc(C#N)c3o2)cccc1-c1cccc(-c2nc3c(s2)CN(C(=O)CN2CCCC2)C3)c1C. The van der Waals surface area contributed by atoms with E-state index in [4.69, 9.17) is 14.4 Å². The molecule has 10 nitrogen and oxygen atoms in total. The van der Waals surface area contributed by atoms with E-state index in [0.29, 0.717) is 68.2 Å². The summed E-state index contributed by atoms with van der Waals surface area (Å²) in [6.45, 7) is 11.4. The van der Waals surface area contributed by atoms with Gasteiger partial charge in [-0.25, -0.2) is 9.97 Å². The number of carbonyl (C=O) groups excluding carboxylic acids is 1. The number of hydrogen-bond acceptors (Lipinski definition) is 9. The zero-order chi connectivity index (χ0) is 35.4. The van der Waals surface area contributed by atoms with E-state index < -0.39 is 11.4 Å². The van der Waals surface area contributed by atoms with Crippen molar-refractivity contribution in [3.05, 3.63) is 81.4 Å². The molecule has 260 valence electrons. The quantitative estimate of drug-likeness (QED) is 0.182. The molecule has 3 aliphatic heterocycles. The molecule has 2 aromatic heterocycles. The maximum atomic E-state index is 13.0. The molecule has 0 bridgehead atoms. The lowest BCUT2D eigenvalue weighted by Gasteiger charge is -2.20. The fourth-order valence-electron chi connectivity index (χ4n) is 7.89. The third kappa shape index (κ3) is 6.11. The third-order valence-corrected chi connectivity index (χ3v) is 12.0. The number of thiazole rings is 1. The van der Waals surface area contributed by atoms with Gasteiger partial charge in [0.25, 0.3) is 0 Å². The molecule has 1 atom stereocenters. The van der Waals surface area contributed by atoms with Crippen molar-refractivity contribution in [2.24, 2.45) is 5.41 Å². The Balaban J connectivity index is 1.05. The van der Waals surface area contributed by atoms with Crippen molar-refractivity contribution in [1.29, 1.82) is 5.26 Å². The molecule has 3 aliphatic rings. The number of amides is 1. The summed E-state index contributed by atoms with van der Waals surface area (Å²) < 4.78 is 6.29. The summed E-state index contributed by atoms with van der Waals surface area (Å²) in [6.07, 6.45) is 2.94. The number of carbonyl (C=O) groups is 2. The summed E-state index contributed by atoms with van der Waals surface area (Å²) in [7, 11) is 0. The number of hydrogen-bond donors (Lipinski definition) is 1. The van der Waals surface area contributed by atoms with Gasteiger partial charge in [0, 0.05) is 29.1 Å². The summed E-state index contributed by atoms with van der Waals surface area (Å²) in [5.74, 6) is -0.140. The molecule has 2 saturated heterocycles. The first-order chi connectivity index (χ1) is 24.6. The fourth-order valence-corrected chi connectivity index (χ4v) is 9.06. The average molecular weight is 701 g/mol. The van der Waals surface area contributed by atoms with Gasteiger partial charge in [-0.05, 0) is 106 Å². The van der Waals surface area contributed by atoms with Gasteiger partial charge >= 0.3 is 5.97 Å². The van der Waals surface area contributed by atoms with Crippen molar-refractivity contribution >= 4 is 34.3 Å². The molecular formula is C40H40N6O4S. The van der Waals surface area contributed by atoms with E-state index in [9.17, 15) is 20.0 Å². The van der Waals surface area contributed by atoms with E-state index in [0.717, 1.165) is 67.6 Å². The van der Waals surface area contributed by atoms with E-state index >= 15 is 0 Å². The average Bonchev–Trinajstić information content (AvgIpc) is 3.94. The Labute approximate surface area is 300 Å². The summed E-state index contributed by atoms with van der Waals surface area (Å²) >= 11 is 1.68.